The molecule has 2 aliphatic carbocycles. The summed E-state index contributed by atoms with van der Waals surface area (Å²) >= 11 is 0. The molecule has 0 bridgehead atoms. The summed E-state index contributed by atoms with van der Waals surface area (Å²) in [7, 11) is 0. The maximum atomic E-state index is 12.2. The van der Waals surface area contributed by atoms with E-state index in [0.29, 0.717) is 11.3 Å². The molecule has 16 heavy (non-hydrogen) atoms. The van der Waals surface area contributed by atoms with Crippen LogP contribution in [0.25, 0.3) is 0 Å². The van der Waals surface area contributed by atoms with Crippen molar-refractivity contribution >= 4 is 5.91 Å². The lowest BCUT2D eigenvalue weighted by Crippen LogP contribution is -2.39. The van der Waals surface area contributed by atoms with Gasteiger partial charge in [-0.25, -0.2) is 0 Å². The number of rotatable bonds is 1. The predicted molar refractivity (Wildman–Crippen MR) is 59.3 cm³/mol. The molecular weight excluding hydrogens is 200 g/mol. The van der Waals surface area contributed by atoms with Crippen molar-refractivity contribution in [3.05, 3.63) is 0 Å². The second kappa shape index (κ2) is 3.00. The molecule has 1 spiro atoms. The molecule has 0 radical (unpaired) electrons. The molecule has 1 amide bonds. The molecule has 0 aromatic heterocycles. The molecule has 1 heterocycles. The molecule has 0 aromatic rings. The maximum Gasteiger partial charge on any atom is 0.243 e. The molecule has 0 N–H and O–H groups in total. The van der Waals surface area contributed by atoms with Crippen LogP contribution in [0.5, 0.6) is 0 Å². The molecular formula is C13H18N2O. The van der Waals surface area contributed by atoms with Crippen molar-refractivity contribution in [1.82, 2.24) is 4.90 Å². The number of amides is 1. The highest BCUT2D eigenvalue weighted by Gasteiger charge is 2.57. The molecule has 3 heteroatoms. The van der Waals surface area contributed by atoms with Gasteiger partial charge in [0.1, 0.15) is 5.41 Å². The quantitative estimate of drug-likeness (QED) is 0.675. The van der Waals surface area contributed by atoms with E-state index in [0.717, 1.165) is 25.9 Å². The van der Waals surface area contributed by atoms with Crippen LogP contribution in [0, 0.1) is 28.1 Å². The molecule has 3 fully saturated rings. The fraction of sp³-hybridized carbons (Fsp3) is 0.846. The van der Waals surface area contributed by atoms with Gasteiger partial charge < -0.3 is 4.90 Å². The van der Waals surface area contributed by atoms with Gasteiger partial charge in [-0.15, -0.1) is 0 Å². The van der Waals surface area contributed by atoms with Crippen molar-refractivity contribution < 1.29 is 4.79 Å². The van der Waals surface area contributed by atoms with E-state index in [1.54, 1.807) is 0 Å². The molecule has 0 aromatic carbocycles. The van der Waals surface area contributed by atoms with Gasteiger partial charge in [0.2, 0.25) is 5.91 Å². The Labute approximate surface area is 96.4 Å². The van der Waals surface area contributed by atoms with Crippen LogP contribution in [0.3, 0.4) is 0 Å². The molecule has 86 valence electrons. The highest BCUT2D eigenvalue weighted by molar-refractivity contribution is 5.88. The first-order valence-corrected chi connectivity index (χ1v) is 6.33. The van der Waals surface area contributed by atoms with Crippen molar-refractivity contribution in [3.63, 3.8) is 0 Å². The van der Waals surface area contributed by atoms with Crippen LogP contribution < -0.4 is 0 Å². The van der Waals surface area contributed by atoms with Crippen molar-refractivity contribution in [2.45, 2.75) is 39.0 Å². The first kappa shape index (κ1) is 10.1. The van der Waals surface area contributed by atoms with Gasteiger partial charge in [-0.1, -0.05) is 13.3 Å². The third-order valence-corrected chi connectivity index (χ3v) is 5.06. The monoisotopic (exact) mass is 218 g/mol. The summed E-state index contributed by atoms with van der Waals surface area (Å²) < 4.78 is 0. The molecule has 3 rings (SSSR count). The van der Waals surface area contributed by atoms with Crippen LogP contribution in [0.2, 0.25) is 0 Å². The number of nitriles is 1. The summed E-state index contributed by atoms with van der Waals surface area (Å²) in [6.45, 7) is 4.05. The summed E-state index contributed by atoms with van der Waals surface area (Å²) in [4.78, 5) is 14.2. The number of hydrogen-bond acceptors (Lipinski definition) is 2. The van der Waals surface area contributed by atoms with Gasteiger partial charge in [-0.05, 0) is 37.0 Å². The minimum absolute atomic E-state index is 0.116. The molecule has 1 unspecified atom stereocenters. The third kappa shape index (κ3) is 1.16. The van der Waals surface area contributed by atoms with E-state index < -0.39 is 5.41 Å². The zero-order valence-electron chi connectivity index (χ0n) is 9.83. The largest absolute Gasteiger partial charge is 0.340 e. The van der Waals surface area contributed by atoms with E-state index in [9.17, 15) is 4.79 Å². The standard InChI is InChI=1S/C13H18N2O/c1-10-7-15(9-13(10)3-2-4-13)11(16)12(8-14)5-6-12/h10H,2-7,9H2,1H3. The van der Waals surface area contributed by atoms with E-state index in [-0.39, 0.29) is 5.91 Å². The van der Waals surface area contributed by atoms with Gasteiger partial charge in [0, 0.05) is 13.1 Å². The van der Waals surface area contributed by atoms with E-state index in [1.165, 1.54) is 19.3 Å². The second-order valence-corrected chi connectivity index (χ2v) is 6.00. The Hall–Kier alpha value is -1.04. The van der Waals surface area contributed by atoms with E-state index >= 15 is 0 Å². The average Bonchev–Trinajstić information content (AvgIpc) is 2.94. The van der Waals surface area contributed by atoms with E-state index in [2.05, 4.69) is 13.0 Å². The summed E-state index contributed by atoms with van der Waals surface area (Å²) in [6.07, 6.45) is 5.42. The van der Waals surface area contributed by atoms with Crippen molar-refractivity contribution in [1.29, 1.82) is 5.26 Å². The van der Waals surface area contributed by atoms with E-state index in [1.807, 2.05) is 4.90 Å². The zero-order chi connectivity index (χ0) is 11.4. The number of carbonyl (C=O) groups excluding carboxylic acids is 1. The third-order valence-electron chi connectivity index (χ3n) is 5.06. The van der Waals surface area contributed by atoms with Crippen LogP contribution in [-0.4, -0.2) is 23.9 Å². The van der Waals surface area contributed by atoms with Crippen LogP contribution in [0.1, 0.15) is 39.0 Å². The first-order chi connectivity index (χ1) is 7.62. The van der Waals surface area contributed by atoms with Crippen molar-refractivity contribution in [2.75, 3.05) is 13.1 Å². The lowest BCUT2D eigenvalue weighted by atomic mass is 9.63. The smallest absolute Gasteiger partial charge is 0.243 e. The van der Waals surface area contributed by atoms with E-state index in [4.69, 9.17) is 5.26 Å². The Kier molecular flexibility index (Phi) is 1.90. The molecule has 3 nitrogen and oxygen atoms in total. The highest BCUT2D eigenvalue weighted by atomic mass is 16.2. The van der Waals surface area contributed by atoms with Gasteiger partial charge in [-0.3, -0.25) is 4.79 Å². The first-order valence-electron chi connectivity index (χ1n) is 6.33. The van der Waals surface area contributed by atoms with Gasteiger partial charge >= 0.3 is 0 Å². The fourth-order valence-electron chi connectivity index (χ4n) is 3.36. The number of carbonyl (C=O) groups is 1. The molecule has 1 saturated heterocycles. The highest BCUT2D eigenvalue weighted by Crippen LogP contribution is 2.54. The normalized spacial score (nSPS) is 33.2. The Morgan fingerprint density at radius 1 is 1.38 bits per heavy atom. The number of hydrogen-bond donors (Lipinski definition) is 0. The lowest BCUT2D eigenvalue weighted by molar-refractivity contribution is -0.134. The summed E-state index contributed by atoms with van der Waals surface area (Å²) in [5, 5.41) is 9.06. The molecule has 1 atom stereocenters. The Bertz CT molecular complexity index is 374. The Morgan fingerprint density at radius 3 is 2.44 bits per heavy atom. The van der Waals surface area contributed by atoms with Gasteiger partial charge in [0.15, 0.2) is 0 Å². The summed E-state index contributed by atoms with van der Waals surface area (Å²) in [5.74, 6) is 0.741. The van der Waals surface area contributed by atoms with Crippen LogP contribution in [0.4, 0.5) is 0 Å². The average molecular weight is 218 g/mol. The summed E-state index contributed by atoms with van der Waals surface area (Å²) in [5.41, 5.74) is -0.198. The van der Waals surface area contributed by atoms with Gasteiger partial charge in [0.25, 0.3) is 0 Å². The Morgan fingerprint density at radius 2 is 2.06 bits per heavy atom. The van der Waals surface area contributed by atoms with Gasteiger partial charge in [-0.2, -0.15) is 5.26 Å². The molecule has 3 aliphatic rings. The summed E-state index contributed by atoms with van der Waals surface area (Å²) in [6, 6.07) is 2.22. The van der Waals surface area contributed by atoms with Crippen LogP contribution in [-0.2, 0) is 4.79 Å². The van der Waals surface area contributed by atoms with Crippen LogP contribution in [0.15, 0.2) is 0 Å². The maximum absolute atomic E-state index is 12.2. The van der Waals surface area contributed by atoms with Crippen molar-refractivity contribution in [2.24, 2.45) is 16.7 Å². The number of nitrogens with zero attached hydrogens (tertiary/aromatic N) is 2. The molecule has 2 saturated carbocycles. The molecule has 1 aliphatic heterocycles. The topological polar surface area (TPSA) is 44.1 Å². The van der Waals surface area contributed by atoms with Gasteiger partial charge in [0.05, 0.1) is 6.07 Å². The number of likely N-dealkylation sites (tertiary alicyclic amines) is 1. The zero-order valence-corrected chi connectivity index (χ0v) is 9.83. The van der Waals surface area contributed by atoms with Crippen LogP contribution >= 0.6 is 0 Å². The fourth-order valence-corrected chi connectivity index (χ4v) is 3.36. The lowest BCUT2D eigenvalue weighted by Gasteiger charge is -2.41. The second-order valence-electron chi connectivity index (χ2n) is 6.00. The predicted octanol–water partition coefficient (Wildman–Crippen LogP) is 1.94. The SMILES string of the molecule is CC1CN(C(=O)C2(C#N)CC2)CC12CCC2. The Balaban J connectivity index is 1.74. The van der Waals surface area contributed by atoms with Crippen molar-refractivity contribution in [3.8, 4) is 6.07 Å². The minimum atomic E-state index is -0.616. The minimum Gasteiger partial charge on any atom is -0.340 e.